The van der Waals surface area contributed by atoms with Crippen LogP contribution in [0.2, 0.25) is 5.02 Å². The number of nitrogens with zero attached hydrogens (tertiary/aromatic N) is 4. The fraction of sp³-hybridized carbons (Fsp3) is 0.367. The number of piperidine rings is 1. The van der Waals surface area contributed by atoms with E-state index < -0.39 is 11.8 Å². The second kappa shape index (κ2) is 12.5. The highest BCUT2D eigenvalue weighted by Gasteiger charge is 2.27. The quantitative estimate of drug-likeness (QED) is 0.253. The van der Waals surface area contributed by atoms with Crippen molar-refractivity contribution in [1.29, 1.82) is 0 Å². The molecule has 1 atom stereocenters. The number of rotatable bonds is 9. The normalized spacial score (nSPS) is 17.7. The Morgan fingerprint density at radius 1 is 1.15 bits per heavy atom. The van der Waals surface area contributed by atoms with Gasteiger partial charge in [0.2, 0.25) is 5.88 Å². The molecule has 2 saturated heterocycles. The Labute approximate surface area is 242 Å². The number of fused-ring (bicyclic) bond motifs is 1. The number of benzene rings is 2. The van der Waals surface area contributed by atoms with Gasteiger partial charge in [0, 0.05) is 29.0 Å². The summed E-state index contributed by atoms with van der Waals surface area (Å²) < 4.78 is 28.0. The molecule has 41 heavy (non-hydrogen) atoms. The predicted octanol–water partition coefficient (Wildman–Crippen LogP) is 5.83. The lowest BCUT2D eigenvalue weighted by atomic mass is 9.90. The standard InChI is InChI=1S/C30H30ClFN4O4.H3N/c31-22-5-3-21(25(32)15-22)18-40-29-24(2-1-10-33-29)19-7-11-35(12-8-19)17-28-34-26-6-4-20(30(37)38)14-27(26)36(28)16-23-9-13-39-23;/h1-6,10,14-15,19,23H,7-9,11-13,16-18H2,(H,37,38);1H3/t23-;/m0./s1. The highest BCUT2D eigenvalue weighted by molar-refractivity contribution is 6.30. The van der Waals surface area contributed by atoms with Crippen molar-refractivity contribution in [3.05, 3.63) is 88.1 Å². The van der Waals surface area contributed by atoms with Crippen molar-refractivity contribution in [3.63, 3.8) is 0 Å². The zero-order valence-electron chi connectivity index (χ0n) is 22.6. The van der Waals surface area contributed by atoms with E-state index in [4.69, 9.17) is 26.1 Å². The Balaban J connectivity index is 0.00000337. The number of pyridine rings is 1. The first kappa shape index (κ1) is 28.9. The van der Waals surface area contributed by atoms with Crippen LogP contribution in [0, 0.1) is 5.82 Å². The maximum Gasteiger partial charge on any atom is 0.335 e. The molecule has 0 amide bonds. The topological polar surface area (TPSA) is 125 Å². The van der Waals surface area contributed by atoms with Crippen molar-refractivity contribution in [2.24, 2.45) is 0 Å². The Hall–Kier alpha value is -3.57. The van der Waals surface area contributed by atoms with Crippen molar-refractivity contribution >= 4 is 28.6 Å². The van der Waals surface area contributed by atoms with Gasteiger partial charge in [-0.3, -0.25) is 4.90 Å². The Morgan fingerprint density at radius 3 is 2.66 bits per heavy atom. The van der Waals surface area contributed by atoms with E-state index in [2.05, 4.69) is 14.5 Å². The van der Waals surface area contributed by atoms with Crippen LogP contribution in [0.5, 0.6) is 5.88 Å². The SMILES string of the molecule is N.O=C(O)c1ccc2nc(CN3CCC(c4cccnc4OCc4ccc(Cl)cc4F)CC3)n(C[C@@H]3CCO3)c2c1. The molecule has 0 bridgehead atoms. The highest BCUT2D eigenvalue weighted by atomic mass is 35.5. The number of likely N-dealkylation sites (tertiary alicyclic amines) is 1. The van der Waals surface area contributed by atoms with Crippen LogP contribution in [-0.4, -0.2) is 56.3 Å². The van der Waals surface area contributed by atoms with Gasteiger partial charge in [0.1, 0.15) is 18.2 Å². The number of carbonyl (C=O) groups is 1. The molecule has 4 heterocycles. The average Bonchev–Trinajstić information content (AvgIpc) is 3.26. The molecule has 0 spiro atoms. The summed E-state index contributed by atoms with van der Waals surface area (Å²) in [5, 5.41) is 9.85. The van der Waals surface area contributed by atoms with E-state index in [1.54, 1.807) is 36.5 Å². The van der Waals surface area contributed by atoms with Gasteiger partial charge in [0.05, 0.1) is 35.8 Å². The third-order valence-corrected chi connectivity index (χ3v) is 8.06. The van der Waals surface area contributed by atoms with Crippen LogP contribution in [0.3, 0.4) is 0 Å². The van der Waals surface area contributed by atoms with Crippen LogP contribution in [0.15, 0.2) is 54.7 Å². The second-order valence-electron chi connectivity index (χ2n) is 10.4. The van der Waals surface area contributed by atoms with Gasteiger partial charge in [0.25, 0.3) is 0 Å². The van der Waals surface area contributed by atoms with Gasteiger partial charge in [-0.25, -0.2) is 19.2 Å². The van der Waals surface area contributed by atoms with E-state index >= 15 is 0 Å². The molecule has 0 aliphatic carbocycles. The molecule has 4 aromatic rings. The smallest absolute Gasteiger partial charge is 0.335 e. The summed E-state index contributed by atoms with van der Waals surface area (Å²) in [6.07, 6.45) is 4.65. The molecule has 2 aliphatic rings. The molecule has 2 aromatic carbocycles. The first-order valence-electron chi connectivity index (χ1n) is 13.5. The number of carboxylic acid groups (broad SMARTS) is 1. The Morgan fingerprint density at radius 2 is 1.95 bits per heavy atom. The molecule has 4 N–H and O–H groups in total. The van der Waals surface area contributed by atoms with Crippen LogP contribution in [0.1, 0.15) is 52.5 Å². The first-order chi connectivity index (χ1) is 19.4. The fourth-order valence-corrected chi connectivity index (χ4v) is 5.64. The average molecular weight is 582 g/mol. The molecule has 216 valence electrons. The second-order valence-corrected chi connectivity index (χ2v) is 10.8. The molecule has 6 rings (SSSR count). The zero-order chi connectivity index (χ0) is 27.6. The summed E-state index contributed by atoms with van der Waals surface area (Å²) >= 11 is 5.87. The lowest BCUT2D eigenvalue weighted by Crippen LogP contribution is -2.35. The Bertz CT molecular complexity index is 1530. The van der Waals surface area contributed by atoms with Crippen molar-refractivity contribution in [2.45, 2.75) is 51.0 Å². The highest BCUT2D eigenvalue weighted by Crippen LogP contribution is 2.34. The minimum Gasteiger partial charge on any atom is -0.478 e. The summed E-state index contributed by atoms with van der Waals surface area (Å²) in [5.74, 6) is 0.381. The maximum atomic E-state index is 14.2. The van der Waals surface area contributed by atoms with Crippen LogP contribution in [0.25, 0.3) is 11.0 Å². The summed E-state index contributed by atoms with van der Waals surface area (Å²) in [5.41, 5.74) is 3.34. The summed E-state index contributed by atoms with van der Waals surface area (Å²) in [7, 11) is 0. The molecule has 2 aliphatic heterocycles. The maximum absolute atomic E-state index is 14.2. The minimum atomic E-state index is -0.949. The number of aromatic nitrogens is 3. The van der Waals surface area contributed by atoms with Gasteiger partial charge >= 0.3 is 5.97 Å². The van der Waals surface area contributed by atoms with Gasteiger partial charge in [-0.2, -0.15) is 0 Å². The van der Waals surface area contributed by atoms with Gasteiger partial charge < -0.3 is 25.3 Å². The van der Waals surface area contributed by atoms with Crippen molar-refractivity contribution in [2.75, 3.05) is 19.7 Å². The third kappa shape index (κ3) is 6.36. The molecule has 0 saturated carbocycles. The van der Waals surface area contributed by atoms with Gasteiger partial charge in [-0.15, -0.1) is 0 Å². The van der Waals surface area contributed by atoms with E-state index in [1.165, 1.54) is 6.07 Å². The Kier molecular flexibility index (Phi) is 8.84. The van der Waals surface area contributed by atoms with E-state index in [0.29, 0.717) is 29.6 Å². The van der Waals surface area contributed by atoms with E-state index in [0.717, 1.165) is 61.4 Å². The molecular weight excluding hydrogens is 549 g/mol. The van der Waals surface area contributed by atoms with Crippen LogP contribution < -0.4 is 10.9 Å². The number of ether oxygens (including phenoxy) is 2. The van der Waals surface area contributed by atoms with Crippen molar-refractivity contribution in [3.8, 4) is 5.88 Å². The third-order valence-electron chi connectivity index (χ3n) is 7.83. The molecule has 9 nitrogen and oxygen atoms in total. The van der Waals surface area contributed by atoms with Crippen molar-refractivity contribution in [1.82, 2.24) is 25.6 Å². The number of imidazole rings is 1. The van der Waals surface area contributed by atoms with Gasteiger partial charge in [-0.05, 0) is 74.7 Å². The lowest BCUT2D eigenvalue weighted by molar-refractivity contribution is -0.0592. The molecule has 2 aromatic heterocycles. The van der Waals surface area contributed by atoms with E-state index in [9.17, 15) is 14.3 Å². The first-order valence-corrected chi connectivity index (χ1v) is 13.9. The summed E-state index contributed by atoms with van der Waals surface area (Å²) in [6.45, 7) is 3.91. The minimum absolute atomic E-state index is 0. The van der Waals surface area contributed by atoms with Gasteiger partial charge in [0.15, 0.2) is 0 Å². The lowest BCUT2D eigenvalue weighted by Gasteiger charge is -2.33. The number of hydrogen-bond donors (Lipinski definition) is 2. The molecule has 2 fully saturated rings. The zero-order valence-corrected chi connectivity index (χ0v) is 23.4. The van der Waals surface area contributed by atoms with Crippen molar-refractivity contribution < 1.29 is 23.8 Å². The van der Waals surface area contributed by atoms with E-state index in [1.807, 2.05) is 12.1 Å². The number of aromatic carboxylic acids is 1. The van der Waals surface area contributed by atoms with Gasteiger partial charge in [-0.1, -0.05) is 23.7 Å². The summed E-state index contributed by atoms with van der Waals surface area (Å²) in [4.78, 5) is 23.3. The number of hydrogen-bond acceptors (Lipinski definition) is 7. The van der Waals surface area contributed by atoms with E-state index in [-0.39, 0.29) is 30.3 Å². The fourth-order valence-electron chi connectivity index (χ4n) is 5.48. The number of halogens is 2. The summed E-state index contributed by atoms with van der Waals surface area (Å²) in [6, 6.07) is 13.6. The monoisotopic (exact) mass is 581 g/mol. The van der Waals surface area contributed by atoms with Crippen LogP contribution in [0.4, 0.5) is 4.39 Å². The molecule has 0 unspecified atom stereocenters. The van der Waals surface area contributed by atoms with Crippen LogP contribution >= 0.6 is 11.6 Å². The largest absolute Gasteiger partial charge is 0.478 e. The molecule has 0 radical (unpaired) electrons. The predicted molar refractivity (Wildman–Crippen MR) is 153 cm³/mol. The molecule has 11 heteroatoms. The molecular formula is C30H33ClFN5O4. The van der Waals surface area contributed by atoms with Crippen LogP contribution in [-0.2, 0) is 24.4 Å². The number of carboxylic acids is 1.